The topological polar surface area (TPSA) is 17.4 Å². The highest BCUT2D eigenvalue weighted by Crippen LogP contribution is 2.62. The SMILES string of the molecule is CC1(C)c2ccccc2-c2ccc(-n3c4ccccc4c4cc(N(c5ccccc5)c5ccc6c(c5)C5(c7ccccc7Oc7ccccc75)c5cccc7cccc-6c57)ccc43)cc21. The third-order valence-corrected chi connectivity index (χ3v) is 14.8. The number of fused-ring (bicyclic) bond motifs is 14. The van der Waals surface area contributed by atoms with Crippen molar-refractivity contribution in [3.8, 4) is 39.4 Å². The summed E-state index contributed by atoms with van der Waals surface area (Å²) in [6.45, 7) is 4.72. The molecule has 0 unspecified atom stereocenters. The van der Waals surface area contributed by atoms with Crippen molar-refractivity contribution in [2.24, 2.45) is 0 Å². The smallest absolute Gasteiger partial charge is 0.132 e. The molecule has 1 aromatic heterocycles. The summed E-state index contributed by atoms with van der Waals surface area (Å²) in [6.07, 6.45) is 0. The number of anilines is 3. The Morgan fingerprint density at radius 3 is 1.78 bits per heavy atom. The number of hydrogen-bond donors (Lipinski definition) is 0. The van der Waals surface area contributed by atoms with Gasteiger partial charge in [-0.05, 0) is 128 Å². The molecule has 1 spiro atoms. The first-order valence-corrected chi connectivity index (χ1v) is 22.7. The fourth-order valence-corrected chi connectivity index (χ4v) is 12.0. The Bertz CT molecular complexity index is 3750. The van der Waals surface area contributed by atoms with E-state index in [0.29, 0.717) is 0 Å². The molecule has 2 heterocycles. The van der Waals surface area contributed by atoms with Crippen LogP contribution in [0.5, 0.6) is 11.5 Å². The minimum Gasteiger partial charge on any atom is -0.457 e. The van der Waals surface area contributed by atoms with Gasteiger partial charge in [-0.1, -0.05) is 159 Å². The molecular formula is C62H42N2O. The second kappa shape index (κ2) is 13.2. The third-order valence-electron chi connectivity index (χ3n) is 14.8. The fraction of sp³-hybridized carbons (Fsp3) is 0.0645. The minimum absolute atomic E-state index is 0.0963. The predicted molar refractivity (Wildman–Crippen MR) is 268 cm³/mol. The Morgan fingerprint density at radius 1 is 0.385 bits per heavy atom. The van der Waals surface area contributed by atoms with E-state index in [9.17, 15) is 0 Å². The Labute approximate surface area is 378 Å². The van der Waals surface area contributed by atoms with Crippen molar-refractivity contribution in [2.75, 3.05) is 4.90 Å². The molecule has 0 saturated heterocycles. The summed E-state index contributed by atoms with van der Waals surface area (Å²) in [5, 5.41) is 4.97. The molecule has 3 heteroatoms. The molecule has 306 valence electrons. The van der Waals surface area contributed by atoms with E-state index in [1.54, 1.807) is 0 Å². The number of aromatic nitrogens is 1. The lowest BCUT2D eigenvalue weighted by Crippen LogP contribution is -2.36. The van der Waals surface area contributed by atoms with Gasteiger partial charge in [0, 0.05) is 50.1 Å². The van der Waals surface area contributed by atoms with Gasteiger partial charge in [-0.15, -0.1) is 0 Å². The molecule has 0 radical (unpaired) electrons. The monoisotopic (exact) mass is 830 g/mol. The van der Waals surface area contributed by atoms with Crippen molar-refractivity contribution < 1.29 is 4.74 Å². The molecule has 14 rings (SSSR count). The van der Waals surface area contributed by atoms with Crippen molar-refractivity contribution in [3.63, 3.8) is 0 Å². The van der Waals surface area contributed by atoms with Crippen LogP contribution in [0.3, 0.4) is 0 Å². The lowest BCUT2D eigenvalue weighted by molar-refractivity contribution is 0.435. The van der Waals surface area contributed by atoms with E-state index < -0.39 is 5.41 Å². The second-order valence-corrected chi connectivity index (χ2v) is 18.4. The quantitative estimate of drug-likeness (QED) is 0.176. The number of ether oxygens (including phenoxy) is 1. The van der Waals surface area contributed by atoms with Gasteiger partial charge in [0.05, 0.1) is 16.4 Å². The molecular weight excluding hydrogens is 789 g/mol. The van der Waals surface area contributed by atoms with Gasteiger partial charge in [0.15, 0.2) is 0 Å². The first-order valence-electron chi connectivity index (χ1n) is 22.7. The highest BCUT2D eigenvalue weighted by molar-refractivity contribution is 6.11. The molecule has 0 N–H and O–H groups in total. The van der Waals surface area contributed by atoms with Crippen LogP contribution in [-0.4, -0.2) is 4.57 Å². The van der Waals surface area contributed by atoms with Crippen LogP contribution >= 0.6 is 0 Å². The lowest BCUT2D eigenvalue weighted by Gasteiger charge is -2.45. The van der Waals surface area contributed by atoms with Gasteiger partial charge >= 0.3 is 0 Å². The van der Waals surface area contributed by atoms with Gasteiger partial charge in [-0.3, -0.25) is 0 Å². The molecule has 3 nitrogen and oxygen atoms in total. The van der Waals surface area contributed by atoms with Gasteiger partial charge in [0.2, 0.25) is 0 Å². The summed E-state index contributed by atoms with van der Waals surface area (Å²) in [6, 6.07) is 80.7. The fourth-order valence-electron chi connectivity index (χ4n) is 12.0. The minimum atomic E-state index is -0.643. The average molecular weight is 831 g/mol. The van der Waals surface area contributed by atoms with E-state index in [1.807, 2.05) is 0 Å². The Balaban J connectivity index is 1.01. The van der Waals surface area contributed by atoms with Crippen molar-refractivity contribution in [2.45, 2.75) is 24.7 Å². The van der Waals surface area contributed by atoms with Crippen molar-refractivity contribution in [1.82, 2.24) is 4.57 Å². The average Bonchev–Trinajstić information content (AvgIpc) is 3.80. The maximum Gasteiger partial charge on any atom is 0.132 e. The number of hydrogen-bond acceptors (Lipinski definition) is 2. The predicted octanol–water partition coefficient (Wildman–Crippen LogP) is 16.2. The second-order valence-electron chi connectivity index (χ2n) is 18.4. The molecule has 0 fully saturated rings. The molecule has 0 atom stereocenters. The summed E-state index contributed by atoms with van der Waals surface area (Å²) in [7, 11) is 0. The normalized spacial score (nSPS) is 14.4. The zero-order valence-electron chi connectivity index (χ0n) is 36.1. The summed E-state index contributed by atoms with van der Waals surface area (Å²) >= 11 is 0. The first-order chi connectivity index (χ1) is 32.0. The molecule has 0 saturated carbocycles. The van der Waals surface area contributed by atoms with E-state index in [0.717, 1.165) is 39.7 Å². The zero-order valence-corrected chi connectivity index (χ0v) is 36.1. The molecule has 11 aromatic rings. The van der Waals surface area contributed by atoms with E-state index >= 15 is 0 Å². The van der Waals surface area contributed by atoms with Crippen molar-refractivity contribution in [3.05, 3.63) is 252 Å². The van der Waals surface area contributed by atoms with Crippen molar-refractivity contribution >= 4 is 49.6 Å². The van der Waals surface area contributed by atoms with E-state index in [2.05, 4.69) is 242 Å². The van der Waals surface area contributed by atoms with Gasteiger partial charge in [0.1, 0.15) is 11.5 Å². The van der Waals surface area contributed by atoms with Gasteiger partial charge in [0.25, 0.3) is 0 Å². The molecule has 10 aromatic carbocycles. The lowest BCUT2D eigenvalue weighted by atomic mass is 9.58. The third kappa shape index (κ3) is 4.85. The van der Waals surface area contributed by atoms with E-state index in [4.69, 9.17) is 4.74 Å². The molecule has 0 bridgehead atoms. The van der Waals surface area contributed by atoms with Crippen LogP contribution in [0.4, 0.5) is 17.1 Å². The van der Waals surface area contributed by atoms with Crippen LogP contribution in [0.15, 0.2) is 218 Å². The van der Waals surface area contributed by atoms with Crippen LogP contribution in [-0.2, 0) is 10.8 Å². The van der Waals surface area contributed by atoms with Crippen LogP contribution in [0.25, 0.3) is 60.5 Å². The Morgan fingerprint density at radius 2 is 0.969 bits per heavy atom. The van der Waals surface area contributed by atoms with Gasteiger partial charge in [-0.2, -0.15) is 0 Å². The molecule has 65 heavy (non-hydrogen) atoms. The first kappa shape index (κ1) is 36.4. The maximum atomic E-state index is 6.76. The van der Waals surface area contributed by atoms with Crippen LogP contribution < -0.4 is 9.64 Å². The van der Waals surface area contributed by atoms with E-state index in [-0.39, 0.29) is 5.41 Å². The molecule has 3 aliphatic rings. The zero-order chi connectivity index (χ0) is 43.0. The highest BCUT2D eigenvalue weighted by Gasteiger charge is 2.49. The Hall–Kier alpha value is -8.14. The molecule has 0 amide bonds. The van der Waals surface area contributed by atoms with Crippen LogP contribution in [0.1, 0.15) is 47.2 Å². The standard InChI is InChI=1S/C62H42N2O/c1-61(2)50-23-8-6-20-44(50)45-33-31-43(37-54(45)61)64-56-27-11-7-21-47(56)49-36-41(32-35-57(49)64)63(40-18-4-3-5-19-40)42-30-34-46-48-22-14-16-39-17-15-26-53(60(39)48)62(55(46)38-42)51-24-9-12-28-58(51)65-59-29-13-10-25-52(59)62/h3-38H,1-2H3. The Kier molecular flexibility index (Phi) is 7.38. The number of rotatable bonds is 4. The van der Waals surface area contributed by atoms with Crippen LogP contribution in [0.2, 0.25) is 0 Å². The number of para-hydroxylation sites is 4. The van der Waals surface area contributed by atoms with Crippen LogP contribution in [0, 0.1) is 0 Å². The number of benzene rings is 10. The number of nitrogens with zero attached hydrogens (tertiary/aromatic N) is 2. The summed E-state index contributed by atoms with van der Waals surface area (Å²) in [5.74, 6) is 1.77. The summed E-state index contributed by atoms with van der Waals surface area (Å²) in [4.78, 5) is 2.44. The molecule has 1 aliphatic heterocycles. The summed E-state index contributed by atoms with van der Waals surface area (Å²) in [5.41, 5.74) is 18.8. The van der Waals surface area contributed by atoms with Crippen molar-refractivity contribution in [1.29, 1.82) is 0 Å². The maximum absolute atomic E-state index is 6.76. The van der Waals surface area contributed by atoms with E-state index in [1.165, 1.54) is 82.8 Å². The molecule has 2 aliphatic carbocycles. The highest BCUT2D eigenvalue weighted by atomic mass is 16.5. The van der Waals surface area contributed by atoms with Gasteiger partial charge < -0.3 is 14.2 Å². The summed E-state index contributed by atoms with van der Waals surface area (Å²) < 4.78 is 9.22. The van der Waals surface area contributed by atoms with Gasteiger partial charge in [-0.25, -0.2) is 0 Å². The largest absolute Gasteiger partial charge is 0.457 e.